The van der Waals surface area contributed by atoms with Crippen molar-refractivity contribution in [3.05, 3.63) is 83.9 Å². The fraction of sp³-hybridized carbons (Fsp3) is 0.310. The molecule has 0 unspecified atom stereocenters. The van der Waals surface area contributed by atoms with E-state index in [1.165, 1.54) is 43.5 Å². The van der Waals surface area contributed by atoms with Crippen LogP contribution in [0.3, 0.4) is 0 Å². The summed E-state index contributed by atoms with van der Waals surface area (Å²) in [5, 5.41) is 1.12. The molecule has 0 N–H and O–H groups in total. The second-order valence-corrected chi connectivity index (χ2v) is 8.71. The molecule has 0 saturated carbocycles. The number of benzene rings is 3. The maximum absolute atomic E-state index is 6.33. The predicted octanol–water partition coefficient (Wildman–Crippen LogP) is 6.99. The van der Waals surface area contributed by atoms with Crippen molar-refractivity contribution in [2.24, 2.45) is 0 Å². The minimum Gasteiger partial charge on any atom is -0.497 e. The van der Waals surface area contributed by atoms with Gasteiger partial charge in [-0.15, -0.1) is 12.4 Å². The largest absolute Gasteiger partial charge is 0.497 e. The fourth-order valence-corrected chi connectivity index (χ4v) is 4.64. The Kier molecular flexibility index (Phi) is 8.15. The van der Waals surface area contributed by atoms with E-state index < -0.39 is 0 Å². The Hall–Kier alpha value is -2.95. The van der Waals surface area contributed by atoms with Gasteiger partial charge in [-0.25, -0.2) is 0 Å². The topological polar surface area (TPSA) is 34.8 Å². The number of hydrogen-bond acceptors (Lipinski definition) is 4. The Morgan fingerprint density at radius 1 is 0.853 bits per heavy atom. The first-order valence-electron chi connectivity index (χ1n) is 11.9. The summed E-state index contributed by atoms with van der Waals surface area (Å²) in [6, 6.07) is 24.8. The SMILES string of the molecule is COc1ccc2c(Cc3ccc(OCCN4CCCCC4)cc3)c(-c3ccccc3)oc2c1.Cl. The first-order valence-corrected chi connectivity index (χ1v) is 11.9. The van der Waals surface area contributed by atoms with E-state index in [1.807, 2.05) is 30.3 Å². The third-order valence-corrected chi connectivity index (χ3v) is 6.47. The van der Waals surface area contributed by atoms with Crippen LogP contribution in [-0.2, 0) is 6.42 Å². The molecule has 4 aromatic rings. The monoisotopic (exact) mass is 477 g/mol. The van der Waals surface area contributed by atoms with Crippen molar-refractivity contribution < 1.29 is 13.9 Å². The van der Waals surface area contributed by atoms with E-state index in [0.717, 1.165) is 53.4 Å². The molecule has 1 fully saturated rings. The van der Waals surface area contributed by atoms with Crippen molar-refractivity contribution in [2.45, 2.75) is 25.7 Å². The Bertz CT molecular complexity index is 1180. The maximum Gasteiger partial charge on any atom is 0.138 e. The third-order valence-electron chi connectivity index (χ3n) is 6.47. The van der Waals surface area contributed by atoms with Crippen molar-refractivity contribution in [2.75, 3.05) is 33.4 Å². The van der Waals surface area contributed by atoms with Crippen LogP contribution >= 0.6 is 12.4 Å². The molecule has 0 atom stereocenters. The van der Waals surface area contributed by atoms with Crippen LogP contribution in [0.2, 0.25) is 0 Å². The van der Waals surface area contributed by atoms with E-state index in [2.05, 4.69) is 47.4 Å². The molecule has 0 aliphatic carbocycles. The molecule has 4 nitrogen and oxygen atoms in total. The van der Waals surface area contributed by atoms with E-state index >= 15 is 0 Å². The van der Waals surface area contributed by atoms with E-state index in [0.29, 0.717) is 0 Å². The zero-order valence-corrected chi connectivity index (χ0v) is 20.5. The second-order valence-electron chi connectivity index (χ2n) is 8.71. The number of nitrogens with zero attached hydrogens (tertiary/aromatic N) is 1. The van der Waals surface area contributed by atoms with Crippen LogP contribution in [-0.4, -0.2) is 38.3 Å². The van der Waals surface area contributed by atoms with Gasteiger partial charge >= 0.3 is 0 Å². The molecule has 0 spiro atoms. The van der Waals surface area contributed by atoms with Crippen molar-refractivity contribution in [3.8, 4) is 22.8 Å². The standard InChI is InChI=1S/C29H31NO3.ClH/c1-31-25-14-15-26-27(29(33-28(26)21-25)23-8-4-2-5-9-23)20-22-10-12-24(13-11-22)32-19-18-30-16-6-3-7-17-30;/h2,4-5,8-15,21H,3,6-7,16-20H2,1H3;1H. The van der Waals surface area contributed by atoms with E-state index in [4.69, 9.17) is 13.9 Å². The molecule has 1 aliphatic rings. The first-order chi connectivity index (χ1) is 16.3. The quantitative estimate of drug-likeness (QED) is 0.274. The van der Waals surface area contributed by atoms with E-state index in [1.54, 1.807) is 7.11 Å². The Balaban J connectivity index is 0.00000274. The van der Waals surface area contributed by atoms with Gasteiger partial charge in [0.1, 0.15) is 29.4 Å². The molecule has 34 heavy (non-hydrogen) atoms. The summed E-state index contributed by atoms with van der Waals surface area (Å²) in [4.78, 5) is 2.50. The lowest BCUT2D eigenvalue weighted by molar-refractivity contribution is 0.183. The summed E-state index contributed by atoms with van der Waals surface area (Å²) in [6.45, 7) is 4.16. The molecular formula is C29H32ClNO3. The summed E-state index contributed by atoms with van der Waals surface area (Å²) in [6.07, 6.45) is 4.78. The minimum atomic E-state index is 0. The van der Waals surface area contributed by atoms with Crippen molar-refractivity contribution in [1.29, 1.82) is 0 Å². The molecule has 5 heteroatoms. The summed E-state index contributed by atoms with van der Waals surface area (Å²) in [5.74, 6) is 2.65. The lowest BCUT2D eigenvalue weighted by Gasteiger charge is -2.26. The van der Waals surface area contributed by atoms with Crippen molar-refractivity contribution in [3.63, 3.8) is 0 Å². The van der Waals surface area contributed by atoms with Gasteiger partial charge in [0.25, 0.3) is 0 Å². The van der Waals surface area contributed by atoms with Gasteiger partial charge in [0.05, 0.1) is 7.11 Å². The van der Waals surface area contributed by atoms with Crippen molar-refractivity contribution >= 4 is 23.4 Å². The van der Waals surface area contributed by atoms with Crippen molar-refractivity contribution in [1.82, 2.24) is 4.90 Å². The average Bonchev–Trinajstić information content (AvgIpc) is 3.23. The average molecular weight is 478 g/mol. The number of hydrogen-bond donors (Lipinski definition) is 0. The van der Waals surface area contributed by atoms with Gasteiger partial charge in [-0.05, 0) is 55.8 Å². The Morgan fingerprint density at radius 2 is 1.59 bits per heavy atom. The minimum absolute atomic E-state index is 0. The molecule has 0 radical (unpaired) electrons. The third kappa shape index (κ3) is 5.57. The number of furan rings is 1. The molecule has 0 bridgehead atoms. The van der Waals surface area contributed by atoms with Crippen LogP contribution in [0.1, 0.15) is 30.4 Å². The smallest absolute Gasteiger partial charge is 0.138 e. The van der Waals surface area contributed by atoms with Crippen LogP contribution in [0.15, 0.2) is 77.2 Å². The van der Waals surface area contributed by atoms with Gasteiger partial charge in [-0.3, -0.25) is 4.90 Å². The summed E-state index contributed by atoms with van der Waals surface area (Å²) in [7, 11) is 1.68. The number of likely N-dealkylation sites (tertiary alicyclic amines) is 1. The van der Waals surface area contributed by atoms with E-state index in [-0.39, 0.29) is 12.4 Å². The van der Waals surface area contributed by atoms with Gasteiger partial charge in [-0.1, -0.05) is 48.9 Å². The number of fused-ring (bicyclic) bond motifs is 1. The zero-order valence-electron chi connectivity index (χ0n) is 19.7. The molecule has 0 amide bonds. The highest BCUT2D eigenvalue weighted by Crippen LogP contribution is 2.36. The van der Waals surface area contributed by atoms with Gasteiger partial charge in [-0.2, -0.15) is 0 Å². The fourth-order valence-electron chi connectivity index (χ4n) is 4.64. The van der Waals surface area contributed by atoms with Gasteiger partial charge < -0.3 is 13.9 Å². The molecule has 1 saturated heterocycles. The van der Waals surface area contributed by atoms with Crippen LogP contribution < -0.4 is 9.47 Å². The first kappa shape index (κ1) is 24.2. The normalized spacial score (nSPS) is 14.0. The molecule has 178 valence electrons. The molecule has 1 aromatic heterocycles. The lowest BCUT2D eigenvalue weighted by atomic mass is 9.98. The van der Waals surface area contributed by atoms with E-state index in [9.17, 15) is 0 Å². The van der Waals surface area contributed by atoms with Crippen LogP contribution in [0.5, 0.6) is 11.5 Å². The molecule has 5 rings (SSSR count). The van der Waals surface area contributed by atoms with Gasteiger partial charge in [0, 0.05) is 35.5 Å². The number of ether oxygens (including phenoxy) is 2. The van der Waals surface area contributed by atoms with Gasteiger partial charge in [0.2, 0.25) is 0 Å². The highest BCUT2D eigenvalue weighted by atomic mass is 35.5. The Labute approximate surface area is 207 Å². The number of piperidine rings is 1. The van der Waals surface area contributed by atoms with Gasteiger partial charge in [0.15, 0.2) is 0 Å². The van der Waals surface area contributed by atoms with Crippen LogP contribution in [0, 0.1) is 0 Å². The van der Waals surface area contributed by atoms with Crippen LogP contribution in [0.4, 0.5) is 0 Å². The highest BCUT2D eigenvalue weighted by molar-refractivity contribution is 5.89. The lowest BCUT2D eigenvalue weighted by Crippen LogP contribution is -2.33. The summed E-state index contributed by atoms with van der Waals surface area (Å²) in [5.41, 5.74) is 4.35. The second kappa shape index (κ2) is 11.5. The molecule has 3 aromatic carbocycles. The number of halogens is 1. The Morgan fingerprint density at radius 3 is 2.32 bits per heavy atom. The predicted molar refractivity (Wildman–Crippen MR) is 140 cm³/mol. The number of rotatable bonds is 8. The highest BCUT2D eigenvalue weighted by Gasteiger charge is 2.17. The molecule has 2 heterocycles. The maximum atomic E-state index is 6.33. The number of methoxy groups -OCH3 is 1. The summed E-state index contributed by atoms with van der Waals surface area (Å²) < 4.78 is 17.7. The molecular weight excluding hydrogens is 446 g/mol. The summed E-state index contributed by atoms with van der Waals surface area (Å²) >= 11 is 0. The molecule has 1 aliphatic heterocycles. The van der Waals surface area contributed by atoms with Crippen LogP contribution in [0.25, 0.3) is 22.3 Å². The zero-order chi connectivity index (χ0) is 22.5.